The summed E-state index contributed by atoms with van der Waals surface area (Å²) in [6, 6.07) is 2.04. The highest BCUT2D eigenvalue weighted by Gasteiger charge is 2.19. The second-order valence-corrected chi connectivity index (χ2v) is 11.2. The first-order valence-corrected chi connectivity index (χ1v) is 13.5. The van der Waals surface area contributed by atoms with Crippen molar-refractivity contribution in [2.24, 2.45) is 5.41 Å². The van der Waals surface area contributed by atoms with Crippen LogP contribution in [-0.2, 0) is 0 Å². The number of amides is 1. The standard InChI is InChI=1S/C26H46N2OS/c1-26(2,3)17-13-10-8-6-4-5-7-9-11-14-18-27-23-21-24(30-22-23)25(29)28-19-15-12-16-20-28/h21-22,27H,4-20H2,1-3H3. The van der Waals surface area contributed by atoms with Gasteiger partial charge in [0.15, 0.2) is 0 Å². The summed E-state index contributed by atoms with van der Waals surface area (Å²) in [7, 11) is 0. The van der Waals surface area contributed by atoms with Gasteiger partial charge in [-0.25, -0.2) is 0 Å². The molecule has 3 nitrogen and oxygen atoms in total. The molecule has 2 heterocycles. The minimum absolute atomic E-state index is 0.224. The third kappa shape index (κ3) is 10.8. The van der Waals surface area contributed by atoms with E-state index in [1.54, 1.807) is 11.3 Å². The van der Waals surface area contributed by atoms with Crippen molar-refractivity contribution in [1.82, 2.24) is 4.90 Å². The van der Waals surface area contributed by atoms with Crippen molar-refractivity contribution in [2.45, 2.75) is 111 Å². The number of unbranched alkanes of at least 4 members (excludes halogenated alkanes) is 9. The van der Waals surface area contributed by atoms with Crippen molar-refractivity contribution in [3.05, 3.63) is 16.3 Å². The Labute approximate surface area is 190 Å². The summed E-state index contributed by atoms with van der Waals surface area (Å²) in [6.07, 6.45) is 18.7. The third-order valence-corrected chi connectivity index (χ3v) is 7.05. The highest BCUT2D eigenvalue weighted by atomic mass is 32.1. The lowest BCUT2D eigenvalue weighted by atomic mass is 9.89. The number of carbonyl (C=O) groups is 1. The highest BCUT2D eigenvalue weighted by molar-refractivity contribution is 7.12. The molecule has 0 bridgehead atoms. The van der Waals surface area contributed by atoms with E-state index in [4.69, 9.17) is 0 Å². The summed E-state index contributed by atoms with van der Waals surface area (Å²) >= 11 is 1.58. The number of nitrogens with one attached hydrogen (secondary N) is 1. The predicted molar refractivity (Wildman–Crippen MR) is 133 cm³/mol. The van der Waals surface area contributed by atoms with Gasteiger partial charge in [-0.2, -0.15) is 0 Å². The number of hydrogen-bond donors (Lipinski definition) is 1. The molecule has 1 fully saturated rings. The Balaban J connectivity index is 1.41. The molecule has 0 aromatic carbocycles. The molecular formula is C26H46N2OS. The molecule has 0 aliphatic carbocycles. The minimum atomic E-state index is 0.224. The third-order valence-electron chi connectivity index (χ3n) is 6.14. The van der Waals surface area contributed by atoms with Crippen LogP contribution in [0.3, 0.4) is 0 Å². The molecule has 172 valence electrons. The molecule has 0 spiro atoms. The smallest absolute Gasteiger partial charge is 0.263 e. The van der Waals surface area contributed by atoms with Crippen LogP contribution < -0.4 is 5.32 Å². The van der Waals surface area contributed by atoms with Crippen LogP contribution in [0.15, 0.2) is 11.4 Å². The predicted octanol–water partition coefficient (Wildman–Crippen LogP) is 8.12. The molecule has 1 amide bonds. The Morgan fingerprint density at radius 2 is 1.47 bits per heavy atom. The van der Waals surface area contributed by atoms with Crippen LogP contribution in [0, 0.1) is 5.41 Å². The molecule has 0 atom stereocenters. The fourth-order valence-electron chi connectivity index (χ4n) is 4.22. The van der Waals surface area contributed by atoms with Gasteiger partial charge in [0.2, 0.25) is 0 Å². The second kappa shape index (κ2) is 14.1. The fraction of sp³-hybridized carbons (Fsp3) is 0.808. The lowest BCUT2D eigenvalue weighted by Gasteiger charge is -2.26. The van der Waals surface area contributed by atoms with Crippen molar-refractivity contribution in [3.8, 4) is 0 Å². The molecule has 1 aromatic rings. The van der Waals surface area contributed by atoms with E-state index in [0.29, 0.717) is 5.41 Å². The van der Waals surface area contributed by atoms with Gasteiger partial charge >= 0.3 is 0 Å². The molecule has 1 saturated heterocycles. The molecule has 0 saturated carbocycles. The zero-order chi connectivity index (χ0) is 21.7. The molecule has 0 radical (unpaired) electrons. The number of hydrogen-bond acceptors (Lipinski definition) is 3. The largest absolute Gasteiger partial charge is 0.384 e. The van der Waals surface area contributed by atoms with E-state index < -0.39 is 0 Å². The van der Waals surface area contributed by atoms with Gasteiger partial charge in [-0.1, -0.05) is 78.6 Å². The van der Waals surface area contributed by atoms with Crippen LogP contribution in [0.25, 0.3) is 0 Å². The van der Waals surface area contributed by atoms with Crippen molar-refractivity contribution in [3.63, 3.8) is 0 Å². The van der Waals surface area contributed by atoms with Gasteiger partial charge in [-0.05, 0) is 43.6 Å². The van der Waals surface area contributed by atoms with Gasteiger partial charge in [0, 0.05) is 30.7 Å². The Bertz CT molecular complexity index is 584. The molecule has 30 heavy (non-hydrogen) atoms. The maximum Gasteiger partial charge on any atom is 0.263 e. The minimum Gasteiger partial charge on any atom is -0.384 e. The van der Waals surface area contributed by atoms with Crippen LogP contribution in [0.5, 0.6) is 0 Å². The van der Waals surface area contributed by atoms with Gasteiger partial charge in [-0.3, -0.25) is 4.79 Å². The summed E-state index contributed by atoms with van der Waals surface area (Å²) in [4.78, 5) is 15.4. The summed E-state index contributed by atoms with van der Waals surface area (Å²) in [5, 5.41) is 5.60. The van der Waals surface area contributed by atoms with E-state index in [-0.39, 0.29) is 5.91 Å². The van der Waals surface area contributed by atoms with Gasteiger partial charge in [0.05, 0.1) is 4.88 Å². The number of likely N-dealkylation sites (tertiary alicyclic amines) is 1. The monoisotopic (exact) mass is 434 g/mol. The van der Waals surface area contributed by atoms with Crippen molar-refractivity contribution < 1.29 is 4.79 Å². The van der Waals surface area contributed by atoms with E-state index in [9.17, 15) is 4.79 Å². The lowest BCUT2D eigenvalue weighted by molar-refractivity contribution is 0.0729. The topological polar surface area (TPSA) is 32.3 Å². The van der Waals surface area contributed by atoms with Crippen LogP contribution >= 0.6 is 11.3 Å². The normalized spacial score (nSPS) is 14.8. The van der Waals surface area contributed by atoms with Gasteiger partial charge in [0.1, 0.15) is 0 Å². The van der Waals surface area contributed by atoms with Crippen LogP contribution in [0.2, 0.25) is 0 Å². The molecule has 1 N–H and O–H groups in total. The summed E-state index contributed by atoms with van der Waals surface area (Å²) in [5.74, 6) is 0.224. The second-order valence-electron chi connectivity index (χ2n) is 10.3. The first-order valence-electron chi connectivity index (χ1n) is 12.6. The first kappa shape index (κ1) is 25.2. The van der Waals surface area contributed by atoms with E-state index in [2.05, 4.69) is 31.5 Å². The Morgan fingerprint density at radius 3 is 2.07 bits per heavy atom. The number of piperidine rings is 1. The lowest BCUT2D eigenvalue weighted by Crippen LogP contribution is -2.35. The van der Waals surface area contributed by atoms with Gasteiger partial charge < -0.3 is 10.2 Å². The van der Waals surface area contributed by atoms with Crippen LogP contribution in [0.1, 0.15) is 120 Å². The van der Waals surface area contributed by atoms with E-state index in [1.165, 1.54) is 77.0 Å². The van der Waals surface area contributed by atoms with Crippen molar-refractivity contribution >= 4 is 22.9 Å². The quantitative estimate of drug-likeness (QED) is 0.300. The average molecular weight is 435 g/mol. The van der Waals surface area contributed by atoms with E-state index in [0.717, 1.165) is 43.0 Å². The number of nitrogens with zero attached hydrogens (tertiary/aromatic N) is 1. The average Bonchev–Trinajstić information content (AvgIpc) is 3.19. The molecule has 1 aromatic heterocycles. The summed E-state index contributed by atoms with van der Waals surface area (Å²) in [5.41, 5.74) is 1.62. The Kier molecular flexibility index (Phi) is 11.9. The number of thiophene rings is 1. The maximum atomic E-state index is 12.5. The van der Waals surface area contributed by atoms with Crippen LogP contribution in [-0.4, -0.2) is 30.4 Å². The number of anilines is 1. The van der Waals surface area contributed by atoms with Crippen molar-refractivity contribution in [2.75, 3.05) is 25.0 Å². The van der Waals surface area contributed by atoms with Gasteiger partial charge in [-0.15, -0.1) is 11.3 Å². The van der Waals surface area contributed by atoms with Gasteiger partial charge in [0.25, 0.3) is 5.91 Å². The number of rotatable bonds is 14. The highest BCUT2D eigenvalue weighted by Crippen LogP contribution is 2.24. The fourth-order valence-corrected chi connectivity index (χ4v) is 5.05. The van der Waals surface area contributed by atoms with Crippen LogP contribution in [0.4, 0.5) is 5.69 Å². The van der Waals surface area contributed by atoms with Crippen molar-refractivity contribution in [1.29, 1.82) is 0 Å². The Morgan fingerprint density at radius 1 is 0.900 bits per heavy atom. The Hall–Kier alpha value is -1.03. The first-order chi connectivity index (χ1) is 14.5. The summed E-state index contributed by atoms with van der Waals surface area (Å²) in [6.45, 7) is 9.90. The van der Waals surface area contributed by atoms with E-state index in [1.807, 2.05) is 11.0 Å². The maximum absolute atomic E-state index is 12.5. The molecule has 1 aliphatic heterocycles. The zero-order valence-electron chi connectivity index (χ0n) is 19.9. The summed E-state index contributed by atoms with van der Waals surface area (Å²) < 4.78 is 0. The molecule has 4 heteroatoms. The SMILES string of the molecule is CC(C)(C)CCCCCCCCCCCCNc1csc(C(=O)N2CCCCC2)c1. The number of carbonyl (C=O) groups excluding carboxylic acids is 1. The molecule has 0 unspecified atom stereocenters. The zero-order valence-corrected chi connectivity index (χ0v) is 20.8. The molecule has 2 rings (SSSR count). The van der Waals surface area contributed by atoms with E-state index >= 15 is 0 Å². The molecule has 1 aliphatic rings. The molecular weight excluding hydrogens is 388 g/mol.